The van der Waals surface area contributed by atoms with Crippen LogP contribution in [0.25, 0.3) is 33.4 Å². The lowest BCUT2D eigenvalue weighted by molar-refractivity contribution is 0.484. The molecule has 11 rings (SSSR count). The largest absolute Gasteiger partial charge is 0.293 e. The van der Waals surface area contributed by atoms with E-state index in [9.17, 15) is 0 Å². The summed E-state index contributed by atoms with van der Waals surface area (Å²) in [5, 5.41) is 0. The van der Waals surface area contributed by atoms with E-state index in [2.05, 4.69) is 164 Å². The minimum absolute atomic E-state index is 0.367. The highest BCUT2D eigenvalue weighted by molar-refractivity contribution is 5.85. The first-order valence-electron chi connectivity index (χ1n) is 23.8. The highest BCUT2D eigenvalue weighted by Gasteiger charge is 2.34. The third kappa shape index (κ3) is 7.70. The Balaban J connectivity index is 0.935. The number of aliphatic imine (C=N–C) groups is 1. The molecule has 0 aromatic heterocycles. The summed E-state index contributed by atoms with van der Waals surface area (Å²) < 4.78 is 0. The van der Waals surface area contributed by atoms with Gasteiger partial charge in [-0.15, -0.1) is 0 Å². The Morgan fingerprint density at radius 3 is 2.37 bits per heavy atom. The fourth-order valence-electron chi connectivity index (χ4n) is 11.9. The summed E-state index contributed by atoms with van der Waals surface area (Å²) in [5.41, 5.74) is 25.1. The molecule has 0 saturated heterocycles. The van der Waals surface area contributed by atoms with E-state index in [1.54, 1.807) is 16.7 Å². The normalized spacial score (nSPS) is 24.1. The molecule has 0 amide bonds. The van der Waals surface area contributed by atoms with Crippen LogP contribution in [-0.4, -0.2) is 12.8 Å². The molecule has 4 atom stereocenters. The predicted molar refractivity (Wildman–Crippen MR) is 263 cm³/mol. The summed E-state index contributed by atoms with van der Waals surface area (Å²) in [6.45, 7) is 3.41. The molecular formula is C61H59N. The van der Waals surface area contributed by atoms with Gasteiger partial charge < -0.3 is 0 Å². The van der Waals surface area contributed by atoms with Gasteiger partial charge in [-0.1, -0.05) is 163 Å². The number of hydrogen-bond acceptors (Lipinski definition) is 1. The summed E-state index contributed by atoms with van der Waals surface area (Å²) in [7, 11) is 0. The van der Waals surface area contributed by atoms with E-state index in [1.807, 2.05) is 6.21 Å². The zero-order valence-corrected chi connectivity index (χ0v) is 36.5. The Bertz CT molecular complexity index is 2730. The third-order valence-electron chi connectivity index (χ3n) is 15.3. The number of allylic oxidation sites excluding steroid dienone is 17. The van der Waals surface area contributed by atoms with Crippen LogP contribution >= 0.6 is 0 Å². The number of hydrogen-bond donors (Lipinski definition) is 0. The SMILES string of the molecule is C[C@@H]1c2cc(-c3ccc4c(c3)C3=C(CCC=C3)[C@H](CC3=CC=C(c5ccccc5)CC3)CC4)ccc2-c2ccccc2CC1C1=CC(C2=CC=NCC2)=CC(C2=CCCC=C2)C1. The van der Waals surface area contributed by atoms with Gasteiger partial charge in [0.25, 0.3) is 0 Å². The quantitative estimate of drug-likeness (QED) is 0.176. The second-order valence-corrected chi connectivity index (χ2v) is 19.0. The molecule has 2 unspecified atom stereocenters. The minimum atomic E-state index is 0.367. The van der Waals surface area contributed by atoms with Crippen LogP contribution in [0.5, 0.6) is 0 Å². The highest BCUT2D eigenvalue weighted by Crippen LogP contribution is 2.49. The molecule has 62 heavy (non-hydrogen) atoms. The first-order chi connectivity index (χ1) is 30.6. The van der Waals surface area contributed by atoms with Gasteiger partial charge in [-0.2, -0.15) is 0 Å². The van der Waals surface area contributed by atoms with Crippen LogP contribution in [-0.2, 0) is 12.8 Å². The van der Waals surface area contributed by atoms with Crippen molar-refractivity contribution in [2.45, 2.75) is 89.9 Å². The molecular weight excluding hydrogens is 747 g/mol. The zero-order valence-electron chi connectivity index (χ0n) is 36.5. The van der Waals surface area contributed by atoms with Crippen LogP contribution in [0.1, 0.15) is 105 Å². The number of aryl methyl sites for hydroxylation is 1. The molecule has 7 aliphatic rings. The Morgan fingerprint density at radius 1 is 0.645 bits per heavy atom. The maximum absolute atomic E-state index is 4.55. The fourth-order valence-corrected chi connectivity index (χ4v) is 11.9. The topological polar surface area (TPSA) is 12.4 Å². The van der Waals surface area contributed by atoms with E-state index in [0.29, 0.717) is 23.7 Å². The van der Waals surface area contributed by atoms with Gasteiger partial charge in [-0.25, -0.2) is 0 Å². The van der Waals surface area contributed by atoms with Crippen LogP contribution in [0, 0.1) is 17.8 Å². The first kappa shape index (κ1) is 39.1. The molecule has 0 N–H and O–H groups in total. The van der Waals surface area contributed by atoms with Crippen LogP contribution in [0.2, 0.25) is 0 Å². The summed E-state index contributed by atoms with van der Waals surface area (Å²) >= 11 is 0. The molecule has 1 heteroatoms. The minimum Gasteiger partial charge on any atom is -0.293 e. The van der Waals surface area contributed by atoms with Crippen LogP contribution in [0.4, 0.5) is 0 Å². The Kier molecular flexibility index (Phi) is 10.8. The maximum Gasteiger partial charge on any atom is 0.0429 e. The van der Waals surface area contributed by atoms with Crippen molar-refractivity contribution in [3.8, 4) is 22.3 Å². The predicted octanol–water partition coefficient (Wildman–Crippen LogP) is 15.7. The standard InChI is InChI=1S/C61H59N/c1-41-59(54-36-52(44-14-6-3-7-15-44)35-53(37-54)46-30-32-62-33-31-46)40-50-16-8-9-17-55(50)58-29-28-49(38-60(41)58)48-26-24-47-25-27-51(56-18-10-11-19-57(56)61(47)39-48)34-42-20-22-45(23-21-42)43-12-4-2-5-13-43/h2,4-6,8-9,11-17,19-20,22,24,26,28-30,32,35,37-39,41,51-52,59H,3,7,10,18,21,23,25,27,31,33-34,36,40H2,1H3/t41-,51-,52?,59?/m0/s1. The number of nitrogens with zero attached hydrogens (tertiary/aromatic N) is 1. The fraction of sp³-hybridized carbons (Fsp3) is 0.295. The molecule has 0 fully saturated rings. The van der Waals surface area contributed by atoms with Gasteiger partial charge in [0.05, 0.1) is 0 Å². The van der Waals surface area contributed by atoms with Gasteiger partial charge in [-0.05, 0) is 185 Å². The lowest BCUT2D eigenvalue weighted by atomic mass is 9.72. The van der Waals surface area contributed by atoms with Crippen molar-refractivity contribution >= 4 is 17.4 Å². The van der Waals surface area contributed by atoms with Gasteiger partial charge in [0, 0.05) is 18.7 Å². The average Bonchev–Trinajstić information content (AvgIpc) is 3.58. The van der Waals surface area contributed by atoms with Crippen molar-refractivity contribution < 1.29 is 0 Å². The van der Waals surface area contributed by atoms with Crippen molar-refractivity contribution in [2.24, 2.45) is 22.7 Å². The van der Waals surface area contributed by atoms with E-state index in [1.165, 1.54) is 104 Å². The molecule has 0 bridgehead atoms. The summed E-state index contributed by atoms with van der Waals surface area (Å²) in [5.74, 6) is 1.79. The maximum atomic E-state index is 4.55. The van der Waals surface area contributed by atoms with Crippen LogP contribution < -0.4 is 0 Å². The summed E-state index contributed by atoms with van der Waals surface area (Å²) in [6, 6.07) is 35.1. The van der Waals surface area contributed by atoms with E-state index in [-0.39, 0.29) is 0 Å². The zero-order chi connectivity index (χ0) is 41.4. The molecule has 0 saturated carbocycles. The van der Waals surface area contributed by atoms with E-state index in [0.717, 1.165) is 57.9 Å². The van der Waals surface area contributed by atoms with Crippen molar-refractivity contribution in [2.75, 3.05) is 6.54 Å². The summed E-state index contributed by atoms with van der Waals surface area (Å²) in [6.07, 6.45) is 40.2. The van der Waals surface area contributed by atoms with Gasteiger partial charge in [0.2, 0.25) is 0 Å². The van der Waals surface area contributed by atoms with Gasteiger partial charge in [-0.3, -0.25) is 4.99 Å². The molecule has 308 valence electrons. The van der Waals surface area contributed by atoms with Gasteiger partial charge in [0.1, 0.15) is 0 Å². The number of rotatable bonds is 7. The Hall–Kier alpha value is -5.79. The van der Waals surface area contributed by atoms with Crippen LogP contribution in [0.15, 0.2) is 190 Å². The third-order valence-corrected chi connectivity index (χ3v) is 15.3. The van der Waals surface area contributed by atoms with Crippen molar-refractivity contribution in [3.63, 3.8) is 0 Å². The first-order valence-corrected chi connectivity index (χ1v) is 23.8. The number of benzene rings is 4. The number of fused-ring (bicyclic) bond motifs is 5. The second-order valence-electron chi connectivity index (χ2n) is 19.0. The molecule has 1 nitrogen and oxygen atoms in total. The van der Waals surface area contributed by atoms with Crippen molar-refractivity contribution in [1.29, 1.82) is 0 Å². The van der Waals surface area contributed by atoms with Crippen molar-refractivity contribution in [1.82, 2.24) is 0 Å². The summed E-state index contributed by atoms with van der Waals surface area (Å²) in [4.78, 5) is 4.55. The van der Waals surface area contributed by atoms with Gasteiger partial charge >= 0.3 is 0 Å². The highest BCUT2D eigenvalue weighted by atomic mass is 14.7. The Morgan fingerprint density at radius 2 is 1.52 bits per heavy atom. The monoisotopic (exact) mass is 805 g/mol. The molecule has 4 aromatic carbocycles. The number of dihydropyridines is 1. The van der Waals surface area contributed by atoms with Gasteiger partial charge in [0.15, 0.2) is 0 Å². The second kappa shape index (κ2) is 17.2. The molecule has 6 aliphatic carbocycles. The molecule has 4 aromatic rings. The van der Waals surface area contributed by atoms with Crippen LogP contribution in [0.3, 0.4) is 0 Å². The van der Waals surface area contributed by atoms with E-state index in [4.69, 9.17) is 0 Å². The smallest absolute Gasteiger partial charge is 0.0429 e. The molecule has 1 aliphatic heterocycles. The van der Waals surface area contributed by atoms with E-state index >= 15 is 0 Å². The average molecular weight is 806 g/mol. The molecule has 0 radical (unpaired) electrons. The Labute approximate surface area is 370 Å². The van der Waals surface area contributed by atoms with Crippen molar-refractivity contribution in [3.05, 3.63) is 213 Å². The van der Waals surface area contributed by atoms with E-state index < -0.39 is 0 Å². The lowest BCUT2D eigenvalue weighted by Gasteiger charge is -2.33. The lowest BCUT2D eigenvalue weighted by Crippen LogP contribution is -2.20. The molecule has 1 heterocycles. The molecule has 0 spiro atoms.